The van der Waals surface area contributed by atoms with Gasteiger partial charge in [0.25, 0.3) is 5.91 Å². The zero-order valence-corrected chi connectivity index (χ0v) is 16.1. The van der Waals surface area contributed by atoms with E-state index in [2.05, 4.69) is 20.9 Å². The molecule has 0 bridgehead atoms. The van der Waals surface area contributed by atoms with Gasteiger partial charge in [0.05, 0.1) is 5.69 Å². The summed E-state index contributed by atoms with van der Waals surface area (Å²) in [6.45, 7) is 2.73. The molecular weight excluding hydrogens is 376 g/mol. The molecule has 8 heteroatoms. The molecule has 2 aromatic carbocycles. The fourth-order valence-corrected chi connectivity index (χ4v) is 3.27. The number of nitrogens with one attached hydrogen (secondary N) is 3. The quantitative estimate of drug-likeness (QED) is 0.609. The molecule has 0 aliphatic heterocycles. The van der Waals surface area contributed by atoms with Crippen LogP contribution in [0.3, 0.4) is 0 Å². The number of amides is 3. The Kier molecular flexibility index (Phi) is 5.81. The predicted octanol–water partition coefficient (Wildman–Crippen LogP) is 3.98. The van der Waals surface area contributed by atoms with Crippen molar-refractivity contribution in [1.82, 2.24) is 4.98 Å². The highest BCUT2D eigenvalue weighted by Crippen LogP contribution is 2.26. The molecule has 0 atom stereocenters. The summed E-state index contributed by atoms with van der Waals surface area (Å²) in [7, 11) is 0. The summed E-state index contributed by atoms with van der Waals surface area (Å²) in [5.74, 6) is -0.953. The first-order valence-electron chi connectivity index (χ1n) is 8.43. The van der Waals surface area contributed by atoms with Crippen LogP contribution in [0.15, 0.2) is 53.9 Å². The second kappa shape index (κ2) is 8.45. The molecular formula is C20H18N4O3S. The zero-order valence-electron chi connectivity index (χ0n) is 15.3. The molecule has 3 N–H and O–H groups in total. The van der Waals surface area contributed by atoms with E-state index in [1.165, 1.54) is 37.3 Å². The molecule has 7 nitrogen and oxygen atoms in total. The fourth-order valence-electron chi connectivity index (χ4n) is 2.55. The van der Waals surface area contributed by atoms with E-state index >= 15 is 0 Å². The van der Waals surface area contributed by atoms with E-state index in [1.807, 2.05) is 35.7 Å². The highest BCUT2D eigenvalue weighted by atomic mass is 32.1. The second-order valence-electron chi connectivity index (χ2n) is 6.02. The first-order valence-corrected chi connectivity index (χ1v) is 9.31. The maximum Gasteiger partial charge on any atom is 0.257 e. The van der Waals surface area contributed by atoms with Gasteiger partial charge in [0.2, 0.25) is 11.8 Å². The number of benzene rings is 2. The molecule has 28 heavy (non-hydrogen) atoms. The van der Waals surface area contributed by atoms with Gasteiger partial charge in [0, 0.05) is 41.7 Å². The molecule has 1 aromatic heterocycles. The van der Waals surface area contributed by atoms with Crippen molar-refractivity contribution in [3.05, 3.63) is 59.5 Å². The summed E-state index contributed by atoms with van der Waals surface area (Å²) in [6, 6.07) is 14.3. The standard InChI is InChI=1S/C20H18N4O3S/c1-12(25)21-16-8-15(9-17(10-16)22-13(2)26)19(27)24-20-23-18(11-28-20)14-6-4-3-5-7-14/h3-11H,1-2H3,(H,21,25)(H,22,26)(H,23,24,27). The molecule has 0 spiro atoms. The van der Waals surface area contributed by atoms with E-state index in [-0.39, 0.29) is 17.4 Å². The molecule has 0 fully saturated rings. The van der Waals surface area contributed by atoms with Crippen molar-refractivity contribution in [2.45, 2.75) is 13.8 Å². The van der Waals surface area contributed by atoms with E-state index in [1.54, 1.807) is 6.07 Å². The number of thiazole rings is 1. The minimum absolute atomic E-state index is 0.279. The van der Waals surface area contributed by atoms with Crippen LogP contribution in [-0.4, -0.2) is 22.7 Å². The molecule has 0 saturated carbocycles. The van der Waals surface area contributed by atoms with Crippen LogP contribution in [-0.2, 0) is 9.59 Å². The van der Waals surface area contributed by atoms with Crippen LogP contribution in [0.2, 0.25) is 0 Å². The van der Waals surface area contributed by atoms with Crippen molar-refractivity contribution >= 4 is 45.6 Å². The van der Waals surface area contributed by atoms with E-state index in [4.69, 9.17) is 0 Å². The van der Waals surface area contributed by atoms with Crippen LogP contribution in [0.5, 0.6) is 0 Å². The lowest BCUT2D eigenvalue weighted by Crippen LogP contribution is -2.15. The third-order valence-corrected chi connectivity index (χ3v) is 4.39. The summed E-state index contributed by atoms with van der Waals surface area (Å²) >= 11 is 1.31. The van der Waals surface area contributed by atoms with E-state index < -0.39 is 5.91 Å². The fraction of sp³-hybridized carbons (Fsp3) is 0.100. The number of nitrogens with zero attached hydrogens (tertiary/aromatic N) is 1. The Bertz CT molecular complexity index is 997. The third kappa shape index (κ3) is 5.01. The van der Waals surface area contributed by atoms with Gasteiger partial charge in [-0.25, -0.2) is 4.98 Å². The topological polar surface area (TPSA) is 100 Å². The molecule has 0 aliphatic rings. The highest BCUT2D eigenvalue weighted by molar-refractivity contribution is 7.14. The van der Waals surface area contributed by atoms with Gasteiger partial charge in [-0.15, -0.1) is 11.3 Å². The maximum atomic E-state index is 12.7. The average Bonchev–Trinajstić information content (AvgIpc) is 3.09. The SMILES string of the molecule is CC(=O)Nc1cc(NC(C)=O)cc(C(=O)Nc2nc(-c3ccccc3)cs2)c1. The Hall–Kier alpha value is -3.52. The molecule has 0 aliphatic carbocycles. The number of anilines is 3. The normalized spacial score (nSPS) is 10.2. The molecule has 3 rings (SSSR count). The summed E-state index contributed by atoms with van der Waals surface area (Å²) in [5, 5.41) is 10.3. The van der Waals surface area contributed by atoms with Crippen molar-refractivity contribution < 1.29 is 14.4 Å². The highest BCUT2D eigenvalue weighted by Gasteiger charge is 2.13. The predicted molar refractivity (Wildman–Crippen MR) is 111 cm³/mol. The number of carbonyl (C=O) groups is 3. The molecule has 0 saturated heterocycles. The van der Waals surface area contributed by atoms with Crippen molar-refractivity contribution in [3.63, 3.8) is 0 Å². The van der Waals surface area contributed by atoms with E-state index in [0.29, 0.717) is 16.5 Å². The molecule has 3 amide bonds. The number of hydrogen-bond donors (Lipinski definition) is 3. The first-order chi connectivity index (χ1) is 13.4. The van der Waals surface area contributed by atoms with Crippen molar-refractivity contribution in [2.75, 3.05) is 16.0 Å². The third-order valence-electron chi connectivity index (χ3n) is 3.63. The second-order valence-corrected chi connectivity index (χ2v) is 6.88. The Morgan fingerprint density at radius 3 is 2.04 bits per heavy atom. The molecule has 3 aromatic rings. The Morgan fingerprint density at radius 2 is 1.46 bits per heavy atom. The van der Waals surface area contributed by atoms with Crippen molar-refractivity contribution in [2.24, 2.45) is 0 Å². The minimum Gasteiger partial charge on any atom is -0.326 e. The number of carbonyl (C=O) groups excluding carboxylic acids is 3. The molecule has 0 unspecified atom stereocenters. The Labute approximate surface area is 165 Å². The van der Waals surface area contributed by atoms with Crippen molar-refractivity contribution in [1.29, 1.82) is 0 Å². The lowest BCUT2D eigenvalue weighted by Gasteiger charge is -2.10. The van der Waals surface area contributed by atoms with Gasteiger partial charge in [-0.2, -0.15) is 0 Å². The largest absolute Gasteiger partial charge is 0.326 e. The molecule has 1 heterocycles. The van der Waals surface area contributed by atoms with Gasteiger partial charge in [-0.1, -0.05) is 30.3 Å². The Balaban J connectivity index is 1.82. The van der Waals surface area contributed by atoms with Gasteiger partial charge in [0.1, 0.15) is 0 Å². The van der Waals surface area contributed by atoms with Crippen LogP contribution < -0.4 is 16.0 Å². The number of rotatable bonds is 5. The summed E-state index contributed by atoms with van der Waals surface area (Å²) in [5.41, 5.74) is 2.83. The zero-order chi connectivity index (χ0) is 20.1. The van der Waals surface area contributed by atoms with Crippen LogP contribution in [0, 0.1) is 0 Å². The number of hydrogen-bond acceptors (Lipinski definition) is 5. The van der Waals surface area contributed by atoms with Gasteiger partial charge in [-0.05, 0) is 18.2 Å². The van der Waals surface area contributed by atoms with Crippen LogP contribution >= 0.6 is 11.3 Å². The summed E-state index contributed by atoms with van der Waals surface area (Å²) in [4.78, 5) is 39.8. The number of aromatic nitrogens is 1. The van der Waals surface area contributed by atoms with E-state index in [0.717, 1.165) is 11.3 Å². The van der Waals surface area contributed by atoms with Crippen LogP contribution in [0.25, 0.3) is 11.3 Å². The van der Waals surface area contributed by atoms with E-state index in [9.17, 15) is 14.4 Å². The van der Waals surface area contributed by atoms with Crippen LogP contribution in [0.1, 0.15) is 24.2 Å². The van der Waals surface area contributed by atoms with Gasteiger partial charge in [-0.3, -0.25) is 19.7 Å². The van der Waals surface area contributed by atoms with Crippen molar-refractivity contribution in [3.8, 4) is 11.3 Å². The van der Waals surface area contributed by atoms with Gasteiger partial charge in [0.15, 0.2) is 5.13 Å². The van der Waals surface area contributed by atoms with Gasteiger partial charge < -0.3 is 10.6 Å². The van der Waals surface area contributed by atoms with Crippen LogP contribution in [0.4, 0.5) is 16.5 Å². The lowest BCUT2D eigenvalue weighted by atomic mass is 10.1. The average molecular weight is 394 g/mol. The Morgan fingerprint density at radius 1 is 0.857 bits per heavy atom. The van der Waals surface area contributed by atoms with Gasteiger partial charge >= 0.3 is 0 Å². The monoisotopic (exact) mass is 394 g/mol. The first kappa shape index (κ1) is 19.2. The summed E-state index contributed by atoms with van der Waals surface area (Å²) in [6.07, 6.45) is 0. The smallest absolute Gasteiger partial charge is 0.257 e. The lowest BCUT2D eigenvalue weighted by molar-refractivity contribution is -0.115. The summed E-state index contributed by atoms with van der Waals surface area (Å²) < 4.78 is 0. The molecule has 0 radical (unpaired) electrons. The maximum absolute atomic E-state index is 12.7. The molecule has 142 valence electrons. The minimum atomic E-state index is -0.396.